The Bertz CT molecular complexity index is 1260. The predicted octanol–water partition coefficient (Wildman–Crippen LogP) is 3.12. The third-order valence-corrected chi connectivity index (χ3v) is 6.74. The van der Waals surface area contributed by atoms with Crippen molar-refractivity contribution < 1.29 is 28.4 Å². The average molecular weight is 540 g/mol. The molecular formula is C26H30N5O6P. The number of benzene rings is 1. The second-order valence-electron chi connectivity index (χ2n) is 8.94. The number of carbonyl (C=O) groups is 3. The predicted molar refractivity (Wildman–Crippen MR) is 138 cm³/mol. The Morgan fingerprint density at radius 3 is 2.42 bits per heavy atom. The van der Waals surface area contributed by atoms with Gasteiger partial charge in [0.25, 0.3) is 0 Å². The fraction of sp³-hybridized carbons (Fsp3) is 0.462. The summed E-state index contributed by atoms with van der Waals surface area (Å²) in [7, 11) is -0.532. The van der Waals surface area contributed by atoms with Crippen molar-refractivity contribution >= 4 is 25.8 Å². The summed E-state index contributed by atoms with van der Waals surface area (Å²) in [5, 5.41) is 2.59. The van der Waals surface area contributed by atoms with E-state index < -0.39 is 31.9 Å². The van der Waals surface area contributed by atoms with Crippen LogP contribution in [0.5, 0.6) is 5.88 Å². The molecule has 0 radical (unpaired) electrons. The number of hydrogen-bond acceptors (Lipinski definition) is 8. The first kappa shape index (κ1) is 27.4. The number of nitrogens with zero attached hydrogens (tertiary/aromatic N) is 4. The van der Waals surface area contributed by atoms with Crippen molar-refractivity contribution in [1.29, 1.82) is 0 Å². The number of ether oxygens (including phenoxy) is 2. The molecule has 0 unspecified atom stereocenters. The van der Waals surface area contributed by atoms with Gasteiger partial charge in [-0.2, -0.15) is 0 Å². The molecule has 2 aromatic rings. The summed E-state index contributed by atoms with van der Waals surface area (Å²) < 4.78 is 22.4. The Morgan fingerprint density at radius 2 is 1.76 bits per heavy atom. The van der Waals surface area contributed by atoms with Crippen LogP contribution in [-0.4, -0.2) is 82.6 Å². The van der Waals surface area contributed by atoms with Gasteiger partial charge in [-0.1, -0.05) is 0 Å². The first-order valence-corrected chi connectivity index (χ1v) is 13.5. The molecule has 1 atom stereocenters. The Kier molecular flexibility index (Phi) is 9.51. The zero-order chi connectivity index (χ0) is 26.9. The number of aromatic nitrogens is 2. The number of amides is 3. The fourth-order valence-electron chi connectivity index (χ4n) is 4.41. The van der Waals surface area contributed by atoms with E-state index in [4.69, 9.17) is 9.47 Å². The molecule has 2 fully saturated rings. The monoisotopic (exact) mass is 539 g/mol. The van der Waals surface area contributed by atoms with E-state index in [2.05, 4.69) is 20.9 Å². The third kappa shape index (κ3) is 7.00. The topological polar surface area (TPSA) is 131 Å². The molecule has 0 bridgehead atoms. The van der Waals surface area contributed by atoms with Gasteiger partial charge in [-0.3, -0.25) is 0 Å². The Labute approximate surface area is 222 Å². The normalized spacial score (nSPS) is 16.3. The molecule has 2 aliphatic rings. The molecule has 11 nitrogen and oxygen atoms in total. The Balaban J connectivity index is 1.50. The van der Waals surface area contributed by atoms with Gasteiger partial charge in [0.1, 0.15) is 0 Å². The van der Waals surface area contributed by atoms with Gasteiger partial charge in [0.15, 0.2) is 0 Å². The van der Waals surface area contributed by atoms with Crippen LogP contribution >= 0.6 is 7.92 Å². The van der Waals surface area contributed by atoms with Gasteiger partial charge in [-0.05, 0) is 0 Å². The van der Waals surface area contributed by atoms with Gasteiger partial charge in [0, 0.05) is 0 Å². The SMILES string of the molecule is CCOC(=O)N1CCN(C(=O)[C@H](C#P=O)NC(=O)c2cc(OC3CCCC3)nc(-c3ccccc3)n2)CC1. The van der Waals surface area contributed by atoms with Crippen molar-refractivity contribution in [2.75, 3.05) is 32.8 Å². The summed E-state index contributed by atoms with van der Waals surface area (Å²) in [6.07, 6.45) is 3.57. The van der Waals surface area contributed by atoms with Gasteiger partial charge in [-0.15, -0.1) is 0 Å². The van der Waals surface area contributed by atoms with Crippen LogP contribution in [0.2, 0.25) is 0 Å². The zero-order valence-corrected chi connectivity index (χ0v) is 22.1. The maximum absolute atomic E-state index is 13.3. The molecule has 1 saturated heterocycles. The molecular weight excluding hydrogens is 509 g/mol. The molecule has 1 aromatic heterocycles. The van der Waals surface area contributed by atoms with Crippen LogP contribution in [-0.2, 0) is 14.1 Å². The molecule has 1 aliphatic heterocycles. The van der Waals surface area contributed by atoms with E-state index in [-0.39, 0.29) is 50.5 Å². The van der Waals surface area contributed by atoms with Crippen molar-refractivity contribution in [3.05, 3.63) is 42.1 Å². The summed E-state index contributed by atoms with van der Waals surface area (Å²) in [5.41, 5.74) is 3.19. The van der Waals surface area contributed by atoms with Gasteiger partial charge in [0.05, 0.1) is 0 Å². The van der Waals surface area contributed by atoms with Crippen LogP contribution in [0.15, 0.2) is 36.4 Å². The molecule has 200 valence electrons. The van der Waals surface area contributed by atoms with Crippen LogP contribution in [0.25, 0.3) is 11.4 Å². The quantitative estimate of drug-likeness (QED) is 0.531. The van der Waals surface area contributed by atoms with E-state index in [0.717, 1.165) is 25.7 Å². The van der Waals surface area contributed by atoms with Crippen molar-refractivity contribution in [2.24, 2.45) is 0 Å². The van der Waals surface area contributed by atoms with Crippen molar-refractivity contribution in [1.82, 2.24) is 25.1 Å². The van der Waals surface area contributed by atoms with Crippen LogP contribution in [0, 0.1) is 5.63 Å². The number of nitrogens with one attached hydrogen (secondary N) is 1. The molecule has 2 heterocycles. The van der Waals surface area contributed by atoms with Crippen LogP contribution in [0.1, 0.15) is 43.1 Å². The van der Waals surface area contributed by atoms with E-state index >= 15 is 0 Å². The summed E-state index contributed by atoms with van der Waals surface area (Å²) in [5.74, 6) is -0.534. The van der Waals surface area contributed by atoms with Gasteiger partial charge >= 0.3 is 222 Å². The third-order valence-electron chi connectivity index (χ3n) is 6.38. The molecule has 1 N–H and O–H groups in total. The van der Waals surface area contributed by atoms with Crippen LogP contribution in [0.4, 0.5) is 4.79 Å². The van der Waals surface area contributed by atoms with Crippen molar-refractivity contribution in [2.45, 2.75) is 44.8 Å². The summed E-state index contributed by atoms with van der Waals surface area (Å²) in [6, 6.07) is 9.40. The molecule has 38 heavy (non-hydrogen) atoms. The molecule has 4 rings (SSSR count). The van der Waals surface area contributed by atoms with E-state index in [1.807, 2.05) is 30.3 Å². The molecule has 1 aliphatic carbocycles. The van der Waals surface area contributed by atoms with Crippen molar-refractivity contribution in [3.63, 3.8) is 0 Å². The van der Waals surface area contributed by atoms with E-state index in [0.29, 0.717) is 11.4 Å². The van der Waals surface area contributed by atoms with E-state index in [9.17, 15) is 18.9 Å². The first-order valence-electron chi connectivity index (χ1n) is 12.7. The number of hydrogen-bond donors (Lipinski definition) is 1. The first-order chi connectivity index (χ1) is 18.5. The Morgan fingerprint density at radius 1 is 1.08 bits per heavy atom. The number of carbonyl (C=O) groups excluding carboxylic acids is 3. The van der Waals surface area contributed by atoms with Gasteiger partial charge < -0.3 is 0 Å². The number of rotatable bonds is 7. The second kappa shape index (κ2) is 13.2. The second-order valence-corrected chi connectivity index (χ2v) is 9.38. The summed E-state index contributed by atoms with van der Waals surface area (Å²) in [6.45, 7) is 3.05. The van der Waals surface area contributed by atoms with E-state index in [1.165, 1.54) is 15.9 Å². The standard InChI is InChI=1S/C26H30N5O6P/c1-2-36-26(34)31-14-12-30(13-15-31)25(33)21(17-38-35)28-24(32)20-16-22(37-19-10-6-7-11-19)29-23(27-20)18-8-4-3-5-9-18/h3-5,8-9,16,19,21H,2,6-7,10-15H2,1H3,(H,28,32)/t21-/m0/s1. The molecule has 3 amide bonds. The van der Waals surface area contributed by atoms with Gasteiger partial charge in [0.2, 0.25) is 0 Å². The maximum atomic E-state index is 13.3. The molecule has 0 spiro atoms. The summed E-state index contributed by atoms with van der Waals surface area (Å²) in [4.78, 5) is 50.3. The zero-order valence-electron chi connectivity index (χ0n) is 21.2. The minimum atomic E-state index is -1.27. The fourth-order valence-corrected chi connectivity index (χ4v) is 4.69. The molecule has 12 heteroatoms. The van der Waals surface area contributed by atoms with Gasteiger partial charge in [-0.25, -0.2) is 0 Å². The number of piperazine rings is 1. The van der Waals surface area contributed by atoms with Crippen LogP contribution < -0.4 is 10.1 Å². The molecule has 1 aromatic carbocycles. The Hall–Kier alpha value is -3.68. The van der Waals surface area contributed by atoms with E-state index in [1.54, 1.807) is 6.92 Å². The summed E-state index contributed by atoms with van der Waals surface area (Å²) >= 11 is 0. The van der Waals surface area contributed by atoms with Crippen LogP contribution in [0.3, 0.4) is 0 Å². The average Bonchev–Trinajstić information content (AvgIpc) is 3.46. The van der Waals surface area contributed by atoms with Crippen molar-refractivity contribution in [3.8, 4) is 22.9 Å². The molecule has 1 saturated carbocycles. The minimum absolute atomic E-state index is 0.0150.